The molecule has 0 atom stereocenters. The van der Waals surface area contributed by atoms with Gasteiger partial charge in [-0.25, -0.2) is 0 Å². The van der Waals surface area contributed by atoms with Crippen LogP contribution in [0.15, 0.2) is 21.5 Å². The second-order valence-corrected chi connectivity index (χ2v) is 6.04. The monoisotopic (exact) mass is 325 g/mol. The quantitative estimate of drug-likeness (QED) is 0.511. The SMILES string of the molecule is CC(=O)[N]([Zr+2][C]1=CC=CC1)C(C)=O.[Cl-].[Cl-]. The van der Waals surface area contributed by atoms with Gasteiger partial charge in [0, 0.05) is 0 Å². The number of imide groups is 1. The molecule has 2 amide bonds. The second-order valence-electron chi connectivity index (χ2n) is 2.81. The Hall–Kier alpha value is 0.0831. The van der Waals surface area contributed by atoms with Gasteiger partial charge >= 0.3 is 89.5 Å². The summed E-state index contributed by atoms with van der Waals surface area (Å²) in [7, 11) is 0. The van der Waals surface area contributed by atoms with E-state index < -0.39 is 23.5 Å². The van der Waals surface area contributed by atoms with Gasteiger partial charge in [0.1, 0.15) is 0 Å². The van der Waals surface area contributed by atoms with Crippen LogP contribution in [0.5, 0.6) is 0 Å². The minimum atomic E-state index is -1.15. The van der Waals surface area contributed by atoms with Gasteiger partial charge in [0.25, 0.3) is 0 Å². The van der Waals surface area contributed by atoms with Crippen molar-refractivity contribution < 1.29 is 57.9 Å². The van der Waals surface area contributed by atoms with Crippen LogP contribution in [-0.4, -0.2) is 14.7 Å². The molecule has 0 bridgehead atoms. The molecule has 0 unspecified atom stereocenters. The first kappa shape index (κ1) is 17.5. The van der Waals surface area contributed by atoms with Gasteiger partial charge < -0.3 is 24.8 Å². The maximum atomic E-state index is 11.1. The van der Waals surface area contributed by atoms with Crippen molar-refractivity contribution >= 4 is 11.8 Å². The average molecular weight is 327 g/mol. The number of rotatable bonds is 2. The molecule has 0 saturated heterocycles. The third-order valence-corrected chi connectivity index (χ3v) is 5.37. The standard InChI is InChI=1S/C5H5.C4H7NO2.2ClH.Zr/c1-2-4-5-3-1;1-3(6)5-4(2)7;;;/h1-3H,4H2;1-2H3,(H,5,6,7);2*1H;/q;;;;+3/p-3. The van der Waals surface area contributed by atoms with E-state index in [1.54, 1.807) is 0 Å². The molecule has 1 rings (SSSR count). The summed E-state index contributed by atoms with van der Waals surface area (Å²) in [6.07, 6.45) is 6.97. The summed E-state index contributed by atoms with van der Waals surface area (Å²) in [4.78, 5) is 22.1. The topological polar surface area (TPSA) is 37.4 Å². The van der Waals surface area contributed by atoms with Crippen molar-refractivity contribution in [3.63, 3.8) is 0 Å². The van der Waals surface area contributed by atoms with Gasteiger partial charge in [0.2, 0.25) is 0 Å². The molecule has 1 aliphatic carbocycles. The van der Waals surface area contributed by atoms with Crippen molar-refractivity contribution in [2.45, 2.75) is 20.3 Å². The molecule has 0 aromatic heterocycles. The Labute approximate surface area is 114 Å². The molecule has 15 heavy (non-hydrogen) atoms. The minimum absolute atomic E-state index is 0. The van der Waals surface area contributed by atoms with Crippen LogP contribution in [0.25, 0.3) is 0 Å². The first-order valence-electron chi connectivity index (χ1n) is 4.05. The summed E-state index contributed by atoms with van der Waals surface area (Å²) in [6, 6.07) is 0. The van der Waals surface area contributed by atoms with Crippen LogP contribution in [0.2, 0.25) is 0 Å². The number of carbonyl (C=O) groups is 2. The van der Waals surface area contributed by atoms with Crippen LogP contribution in [0.4, 0.5) is 0 Å². The van der Waals surface area contributed by atoms with Gasteiger partial charge in [-0.3, -0.25) is 0 Å². The molecule has 1 aliphatic rings. The molecule has 0 N–H and O–H groups in total. The van der Waals surface area contributed by atoms with E-state index in [1.165, 1.54) is 20.0 Å². The summed E-state index contributed by atoms with van der Waals surface area (Å²) in [5, 5.41) is 0. The Kier molecular flexibility index (Phi) is 9.62. The molecule has 82 valence electrons. The van der Waals surface area contributed by atoms with E-state index in [0.717, 1.165) is 6.42 Å². The molecule has 0 fully saturated rings. The van der Waals surface area contributed by atoms with E-state index in [4.69, 9.17) is 0 Å². The van der Waals surface area contributed by atoms with Crippen LogP contribution >= 0.6 is 0 Å². The summed E-state index contributed by atoms with van der Waals surface area (Å²) in [6.45, 7) is 2.90. The van der Waals surface area contributed by atoms with Crippen molar-refractivity contribution in [3.05, 3.63) is 21.5 Å². The Morgan fingerprint density at radius 2 is 1.80 bits per heavy atom. The summed E-state index contributed by atoms with van der Waals surface area (Å²) < 4.78 is 2.69. The van der Waals surface area contributed by atoms with Crippen molar-refractivity contribution in [3.8, 4) is 0 Å². The minimum Gasteiger partial charge on any atom is -1.00 e. The van der Waals surface area contributed by atoms with Gasteiger partial charge in [-0.15, -0.1) is 0 Å². The zero-order chi connectivity index (χ0) is 9.84. The van der Waals surface area contributed by atoms with Gasteiger partial charge in [-0.05, 0) is 0 Å². The summed E-state index contributed by atoms with van der Waals surface area (Å²) >= 11 is -1.15. The Morgan fingerprint density at radius 1 is 1.27 bits per heavy atom. The van der Waals surface area contributed by atoms with E-state index >= 15 is 0 Å². The molecule has 0 heterocycles. The smallest absolute Gasteiger partial charge is 1.00 e. The number of hydrogen-bond donors (Lipinski definition) is 0. The number of nitrogens with zero attached hydrogens (tertiary/aromatic N) is 1. The Morgan fingerprint density at radius 3 is 2.13 bits per heavy atom. The molecule has 3 nitrogen and oxygen atoms in total. The number of halogens is 2. The largest absolute Gasteiger partial charge is 1.00 e. The Balaban J connectivity index is 0. The van der Waals surface area contributed by atoms with E-state index in [1.807, 2.05) is 12.2 Å². The first-order chi connectivity index (χ1) is 6.11. The number of amides is 2. The van der Waals surface area contributed by atoms with Crippen LogP contribution in [0.1, 0.15) is 20.3 Å². The number of allylic oxidation sites excluding steroid dienone is 4. The van der Waals surface area contributed by atoms with Gasteiger partial charge in [-0.1, -0.05) is 0 Å². The molecule has 0 radical (unpaired) electrons. The molecular weight excluding hydrogens is 316 g/mol. The van der Waals surface area contributed by atoms with Crippen molar-refractivity contribution in [2.24, 2.45) is 0 Å². The summed E-state index contributed by atoms with van der Waals surface area (Å²) in [5.41, 5.74) is 0. The predicted molar refractivity (Wildman–Crippen MR) is 45.0 cm³/mol. The molecule has 0 aliphatic heterocycles. The van der Waals surface area contributed by atoms with E-state index in [0.29, 0.717) is 0 Å². The fourth-order valence-corrected chi connectivity index (χ4v) is 3.47. The maximum absolute atomic E-state index is 11.1. The Bertz CT molecular complexity index is 288. The summed E-state index contributed by atoms with van der Waals surface area (Å²) in [5.74, 6) is -0.237. The zero-order valence-corrected chi connectivity index (χ0v) is 12.4. The van der Waals surface area contributed by atoms with Crippen molar-refractivity contribution in [1.29, 1.82) is 0 Å². The number of hydrogen-bond acceptors (Lipinski definition) is 2. The zero-order valence-electron chi connectivity index (χ0n) is 8.46. The second kappa shape index (κ2) is 8.26. The predicted octanol–water partition coefficient (Wildman–Crippen LogP) is -4.77. The third-order valence-electron chi connectivity index (χ3n) is 1.66. The van der Waals surface area contributed by atoms with Crippen LogP contribution < -0.4 is 24.8 Å². The van der Waals surface area contributed by atoms with Crippen LogP contribution in [-0.2, 0) is 33.1 Å². The van der Waals surface area contributed by atoms with Crippen molar-refractivity contribution in [2.75, 3.05) is 0 Å². The van der Waals surface area contributed by atoms with Crippen LogP contribution in [0.3, 0.4) is 0 Å². The van der Waals surface area contributed by atoms with E-state index in [-0.39, 0.29) is 36.6 Å². The molecule has 0 saturated carbocycles. The molecule has 6 heteroatoms. The fraction of sp³-hybridized carbons (Fsp3) is 0.333. The van der Waals surface area contributed by atoms with E-state index in [2.05, 4.69) is 6.08 Å². The average Bonchev–Trinajstić information content (AvgIpc) is 2.50. The number of carbonyl (C=O) groups excluding carboxylic acids is 2. The van der Waals surface area contributed by atoms with Gasteiger partial charge in [0.05, 0.1) is 0 Å². The van der Waals surface area contributed by atoms with Crippen LogP contribution in [0, 0.1) is 0 Å². The van der Waals surface area contributed by atoms with Crippen molar-refractivity contribution in [1.82, 2.24) is 2.84 Å². The molecular formula is C9H11Cl2NO2Zr. The van der Waals surface area contributed by atoms with Gasteiger partial charge in [0.15, 0.2) is 0 Å². The molecule has 0 aromatic rings. The first-order valence-corrected chi connectivity index (χ1v) is 6.37. The fourth-order valence-electron chi connectivity index (χ4n) is 1.05. The third kappa shape index (κ3) is 5.65. The maximum Gasteiger partial charge on any atom is -1.00 e. The van der Waals surface area contributed by atoms with Gasteiger partial charge in [-0.2, -0.15) is 0 Å². The normalized spacial score (nSPS) is 11.7. The van der Waals surface area contributed by atoms with E-state index in [9.17, 15) is 9.59 Å². The molecule has 0 aromatic carbocycles. The molecule has 0 spiro atoms.